The highest BCUT2D eigenvalue weighted by Crippen LogP contribution is 2.55. The molecule has 14 heteroatoms. The van der Waals surface area contributed by atoms with E-state index in [-0.39, 0.29) is 42.3 Å². The van der Waals surface area contributed by atoms with Crippen molar-refractivity contribution in [1.82, 2.24) is 0 Å². The summed E-state index contributed by atoms with van der Waals surface area (Å²) < 4.78 is 28.4. The van der Waals surface area contributed by atoms with Crippen molar-refractivity contribution in [1.29, 1.82) is 0 Å². The molecule has 2 aliphatic heterocycles. The molecule has 0 aromatic heterocycles. The van der Waals surface area contributed by atoms with E-state index in [1.54, 1.807) is 24.3 Å². The maximum absolute atomic E-state index is 15.9. The van der Waals surface area contributed by atoms with E-state index in [4.69, 9.17) is 65.4 Å². The van der Waals surface area contributed by atoms with E-state index in [2.05, 4.69) is 55.4 Å². The van der Waals surface area contributed by atoms with Crippen LogP contribution in [0.3, 0.4) is 0 Å². The fraction of sp³-hybridized carbons (Fsp3) is 0.690. The number of unbranched alkanes of at least 4 members (excludes halogenated alkanes) is 48. The zero-order chi connectivity index (χ0) is 92.5. The Morgan fingerprint density at radius 3 is 0.562 bits per heavy atom. The number of fused-ring (bicyclic) bond motifs is 2. The third-order valence-corrected chi connectivity index (χ3v) is 30.0. The first kappa shape index (κ1) is 108. The third kappa shape index (κ3) is 33.4. The summed E-state index contributed by atoms with van der Waals surface area (Å²) >= 11 is 31.0. The SMILES string of the molecule is CCCCCCCCCCC(CCCCCCCC)COc1ccc(N2C(=O)c3cc(Cl)c4c5c(Cl)cc6c7c(cc(Cl)c(c8c(Cl)cc(c3c48)C2=O)c75)C(=O)N(c2ccc(OCC(CCCCCCCC)CCCCCCCCCC)c(OCC(CCCCCCCC)CCCCCCCCCC)c2)C6=O)cc1OCC(CCCCCCCC)CCCCCCCCCC. The number of carbonyl (C=O) groups excluding carboxylic acids is 4. The summed E-state index contributed by atoms with van der Waals surface area (Å²) in [7, 11) is 0. The van der Waals surface area contributed by atoms with E-state index in [1.807, 2.05) is 36.4 Å². The largest absolute Gasteiger partial charge is 0.489 e. The van der Waals surface area contributed by atoms with Gasteiger partial charge in [0.25, 0.3) is 23.6 Å². The van der Waals surface area contributed by atoms with Crippen molar-refractivity contribution < 1.29 is 38.1 Å². The van der Waals surface area contributed by atoms with Gasteiger partial charge in [-0.05, 0) is 124 Å². The van der Waals surface area contributed by atoms with Crippen molar-refractivity contribution in [2.75, 3.05) is 36.2 Å². The fourth-order valence-electron chi connectivity index (χ4n) is 20.9. The molecule has 4 atom stereocenters. The van der Waals surface area contributed by atoms with E-state index < -0.39 is 23.6 Å². The predicted molar refractivity (Wildman–Crippen MR) is 560 cm³/mol. The summed E-state index contributed by atoms with van der Waals surface area (Å²) in [5, 5.41) is 3.98. The maximum atomic E-state index is 15.9. The fourth-order valence-corrected chi connectivity index (χ4v) is 22.1. The summed E-state index contributed by atoms with van der Waals surface area (Å²) in [6.07, 6.45) is 78.8. The minimum Gasteiger partial charge on any atom is -0.489 e. The summed E-state index contributed by atoms with van der Waals surface area (Å²) in [4.78, 5) is 66.1. The number of nitrogens with zero attached hydrogens (tertiary/aromatic N) is 2. The molecule has 0 N–H and O–H groups in total. The molecule has 4 amide bonds. The number of anilines is 2. The molecule has 7 aromatic carbocycles. The highest BCUT2D eigenvalue weighted by Gasteiger charge is 2.42. The van der Waals surface area contributed by atoms with Crippen LogP contribution in [-0.4, -0.2) is 50.1 Å². The Kier molecular flexibility index (Phi) is 51.8. The standard InChI is InChI=1S/C116H174Cl4N2O8/c1-9-17-25-33-41-45-53-61-67-87(65-57-49-37-29-21-13-5)83-127-101-75-73-91(77-103(101)129-85-89(69-59-51-39-31-23-15-7)71-63-55-47-43-35-27-19-11-3)121-113(123)93-79-97(117)107-109-99(119)81-95-106-96(82-100(120)110(112(106)109)108-98(118)80-94(114(121)124)105(93)111(107)108)116(126)122(115(95)125)92-74-76-102(128-84-88(66-58-50-38-30-22-14-6)68-62-54-46-42-34-26-18-10-2)104(78-92)130-86-90(70-60-52-40-32-24-16-8)72-64-56-48-44-36-28-20-12-4/h73-82,87-90H,9-72,83-86H2,1-8H3. The molecule has 2 heterocycles. The van der Waals surface area contributed by atoms with Gasteiger partial charge in [-0.2, -0.15) is 0 Å². The number of hydrogen-bond acceptors (Lipinski definition) is 8. The number of amides is 4. The van der Waals surface area contributed by atoms with Crippen molar-refractivity contribution in [3.8, 4) is 23.0 Å². The molecule has 0 spiro atoms. The van der Waals surface area contributed by atoms with E-state index in [9.17, 15) is 0 Å². The Morgan fingerprint density at radius 2 is 0.377 bits per heavy atom. The number of carbonyl (C=O) groups is 4. The normalized spacial score (nSPS) is 13.8. The van der Waals surface area contributed by atoms with Gasteiger partial charge in [0.15, 0.2) is 23.0 Å². The molecule has 0 radical (unpaired) electrons. The Hall–Kier alpha value is -5.52. The zero-order valence-corrected chi connectivity index (χ0v) is 85.9. The van der Waals surface area contributed by atoms with Crippen LogP contribution in [0.25, 0.3) is 43.1 Å². The van der Waals surface area contributed by atoms with Crippen LogP contribution in [0.5, 0.6) is 23.0 Å². The first-order valence-corrected chi connectivity index (χ1v) is 55.7. The first-order valence-electron chi connectivity index (χ1n) is 54.2. The van der Waals surface area contributed by atoms with Gasteiger partial charge >= 0.3 is 0 Å². The average Bonchev–Trinajstić information content (AvgIpc) is 0.673. The van der Waals surface area contributed by atoms with Crippen molar-refractivity contribution in [3.63, 3.8) is 0 Å². The second-order valence-electron chi connectivity index (χ2n) is 39.8. The second kappa shape index (κ2) is 62.3. The summed E-state index contributed by atoms with van der Waals surface area (Å²) in [5.74, 6) is 1.40. The highest BCUT2D eigenvalue weighted by molar-refractivity contribution is 6.57. The molecule has 2 aliphatic rings. The van der Waals surface area contributed by atoms with Crippen LogP contribution < -0.4 is 28.7 Å². The number of hydrogen-bond donors (Lipinski definition) is 0. The van der Waals surface area contributed by atoms with E-state index in [1.165, 1.54) is 344 Å². The van der Waals surface area contributed by atoms with Gasteiger partial charge < -0.3 is 18.9 Å². The van der Waals surface area contributed by atoms with Gasteiger partial charge in [-0.3, -0.25) is 19.2 Å². The van der Waals surface area contributed by atoms with Gasteiger partial charge in [0.05, 0.1) is 60.1 Å². The Morgan fingerprint density at radius 1 is 0.208 bits per heavy atom. The van der Waals surface area contributed by atoms with Crippen LogP contribution in [0, 0.1) is 23.7 Å². The van der Waals surface area contributed by atoms with E-state index in [0.29, 0.717) is 128 Å². The van der Waals surface area contributed by atoms with Crippen LogP contribution in [-0.2, 0) is 0 Å². The lowest BCUT2D eigenvalue weighted by molar-refractivity contribution is 0.0877. The minimum absolute atomic E-state index is 0.172. The van der Waals surface area contributed by atoms with Gasteiger partial charge in [0.2, 0.25) is 0 Å². The third-order valence-electron chi connectivity index (χ3n) is 28.8. The molecule has 130 heavy (non-hydrogen) atoms. The molecule has 0 fully saturated rings. The minimum atomic E-state index is -0.565. The molecular weight excluding hydrogens is 1690 g/mol. The Bertz CT molecular complexity index is 4030. The van der Waals surface area contributed by atoms with Crippen molar-refractivity contribution in [3.05, 3.63) is 103 Å². The number of imide groups is 2. The van der Waals surface area contributed by atoms with Gasteiger partial charge in [-0.1, -0.05) is 461 Å². The smallest absolute Gasteiger partial charge is 0.266 e. The maximum Gasteiger partial charge on any atom is 0.266 e. The van der Waals surface area contributed by atoms with E-state index in [0.717, 1.165) is 77.0 Å². The number of benzene rings is 7. The van der Waals surface area contributed by atoms with Crippen LogP contribution >= 0.6 is 46.4 Å². The zero-order valence-electron chi connectivity index (χ0n) is 82.8. The molecule has 10 nitrogen and oxygen atoms in total. The van der Waals surface area contributed by atoms with Crippen LogP contribution in [0.1, 0.15) is 508 Å². The van der Waals surface area contributed by atoms with Crippen LogP contribution in [0.2, 0.25) is 20.1 Å². The first-order chi connectivity index (χ1) is 63.7. The van der Waals surface area contributed by atoms with Crippen LogP contribution in [0.15, 0.2) is 60.7 Å². The van der Waals surface area contributed by atoms with Gasteiger partial charge in [0.1, 0.15) is 0 Å². The topological polar surface area (TPSA) is 112 Å². The second-order valence-corrected chi connectivity index (χ2v) is 41.4. The van der Waals surface area contributed by atoms with Crippen molar-refractivity contribution in [2.24, 2.45) is 23.7 Å². The molecule has 0 saturated carbocycles. The lowest BCUT2D eigenvalue weighted by Gasteiger charge is -2.32. The lowest BCUT2D eigenvalue weighted by atomic mass is 9.82. The molecule has 0 aliphatic carbocycles. The molecular formula is C116H174Cl4N2O8. The average molecular weight is 1870 g/mol. The van der Waals surface area contributed by atoms with Crippen LogP contribution in [0.4, 0.5) is 11.4 Å². The highest BCUT2D eigenvalue weighted by atomic mass is 35.5. The van der Waals surface area contributed by atoms with E-state index >= 15 is 19.2 Å². The quantitative estimate of drug-likeness (QED) is 0.0160. The van der Waals surface area contributed by atoms with Gasteiger partial charge in [-0.15, -0.1) is 0 Å². The Labute approximate surface area is 809 Å². The van der Waals surface area contributed by atoms with Crippen molar-refractivity contribution >= 4 is 124 Å². The van der Waals surface area contributed by atoms with Gasteiger partial charge in [0, 0.05) is 75.3 Å². The summed E-state index contributed by atoms with van der Waals surface area (Å²) in [6.45, 7) is 20.3. The number of rotatable bonds is 78. The monoisotopic (exact) mass is 1860 g/mol. The summed E-state index contributed by atoms with van der Waals surface area (Å²) in [5.41, 5.74) is 1.50. The molecule has 0 bridgehead atoms. The molecule has 0 saturated heterocycles. The predicted octanol–water partition coefficient (Wildman–Crippen LogP) is 39.1. The lowest BCUT2D eigenvalue weighted by Crippen LogP contribution is -2.40. The van der Waals surface area contributed by atoms with Gasteiger partial charge in [-0.25, -0.2) is 9.80 Å². The molecule has 4 unspecified atom stereocenters. The Balaban J connectivity index is 1.06. The molecule has 7 aromatic rings. The number of halogens is 4. The molecule has 9 rings (SSSR count). The number of ether oxygens (including phenoxy) is 4. The molecule has 724 valence electrons. The summed E-state index contributed by atoms with van der Waals surface area (Å²) in [6, 6.07) is 17.7. The van der Waals surface area contributed by atoms with Crippen molar-refractivity contribution in [2.45, 2.75) is 466 Å².